The van der Waals surface area contributed by atoms with Gasteiger partial charge in [-0.1, -0.05) is 12.1 Å². The molecule has 2 aliphatic rings. The average molecular weight is 655 g/mol. The van der Waals surface area contributed by atoms with Crippen molar-refractivity contribution < 1.29 is 79.5 Å². The number of benzene rings is 2. The lowest BCUT2D eigenvalue weighted by Crippen LogP contribution is -2.63. The first-order valence-electron chi connectivity index (χ1n) is 14.2. The van der Waals surface area contributed by atoms with Crippen LogP contribution in [0, 0.1) is 5.92 Å². The van der Waals surface area contributed by atoms with Gasteiger partial charge in [-0.3, -0.25) is 0 Å². The fourth-order valence-corrected chi connectivity index (χ4v) is 5.24. The van der Waals surface area contributed by atoms with Crippen LogP contribution < -0.4 is 0 Å². The first-order chi connectivity index (χ1) is 21.8. The maximum atomic E-state index is 12.9. The molecule has 4 rings (SSSR count). The van der Waals surface area contributed by atoms with E-state index in [1.807, 2.05) is 0 Å². The van der Waals surface area contributed by atoms with E-state index in [9.17, 15) is 55.9 Å². The largest absolute Gasteiger partial charge is 0.504 e. The summed E-state index contributed by atoms with van der Waals surface area (Å²) in [5, 5.41) is 101. The number of esters is 1. The molecule has 0 bridgehead atoms. The molecule has 16 nitrogen and oxygen atoms in total. The molecule has 1 aliphatic carbocycles. The van der Waals surface area contributed by atoms with E-state index in [0.717, 1.165) is 6.08 Å². The average Bonchev–Trinajstić information content (AvgIpc) is 3.03. The monoisotopic (exact) mass is 654 g/mol. The molecular formula is C30H38O16. The van der Waals surface area contributed by atoms with Crippen LogP contribution in [0.5, 0.6) is 23.0 Å². The molecule has 11 atom stereocenters. The zero-order valence-corrected chi connectivity index (χ0v) is 24.5. The first-order valence-corrected chi connectivity index (χ1v) is 14.2. The van der Waals surface area contributed by atoms with Crippen LogP contribution in [0.2, 0.25) is 0 Å². The van der Waals surface area contributed by atoms with E-state index in [2.05, 4.69) is 0 Å². The van der Waals surface area contributed by atoms with Gasteiger partial charge in [0.05, 0.1) is 12.7 Å². The highest BCUT2D eigenvalue weighted by Gasteiger charge is 2.52. The molecule has 1 saturated carbocycles. The van der Waals surface area contributed by atoms with Crippen LogP contribution in [-0.4, -0.2) is 133 Å². The second kappa shape index (κ2) is 15.4. The van der Waals surface area contributed by atoms with Crippen molar-refractivity contribution in [3.63, 3.8) is 0 Å². The Labute approximate surface area is 262 Å². The van der Waals surface area contributed by atoms with Crippen LogP contribution in [0.3, 0.4) is 0 Å². The van der Waals surface area contributed by atoms with E-state index in [1.54, 1.807) is 0 Å². The Hall–Kier alpha value is -3.55. The van der Waals surface area contributed by atoms with Gasteiger partial charge in [-0.2, -0.15) is 0 Å². The Morgan fingerprint density at radius 1 is 0.891 bits per heavy atom. The van der Waals surface area contributed by atoms with Gasteiger partial charge in [0.1, 0.15) is 42.7 Å². The van der Waals surface area contributed by atoms with Crippen molar-refractivity contribution in [1.82, 2.24) is 0 Å². The van der Waals surface area contributed by atoms with Gasteiger partial charge in [0.25, 0.3) is 0 Å². The van der Waals surface area contributed by atoms with E-state index < -0.39 is 91.4 Å². The highest BCUT2D eigenvalue weighted by molar-refractivity contribution is 5.87. The molecule has 2 aromatic rings. The van der Waals surface area contributed by atoms with Crippen molar-refractivity contribution in [2.75, 3.05) is 20.3 Å². The van der Waals surface area contributed by atoms with Gasteiger partial charge in [0.2, 0.25) is 0 Å². The predicted octanol–water partition coefficient (Wildman–Crippen LogP) is -1.28. The Bertz CT molecular complexity index is 1350. The van der Waals surface area contributed by atoms with E-state index in [-0.39, 0.29) is 24.5 Å². The van der Waals surface area contributed by atoms with Crippen molar-refractivity contribution in [2.24, 2.45) is 5.92 Å². The number of hydrogen-bond acceptors (Lipinski definition) is 16. The minimum atomic E-state index is -1.99. The Morgan fingerprint density at radius 3 is 2.20 bits per heavy atom. The Balaban J connectivity index is 1.56. The molecule has 0 radical (unpaired) electrons. The second-order valence-electron chi connectivity index (χ2n) is 11.0. The summed E-state index contributed by atoms with van der Waals surface area (Å²) in [4.78, 5) is 12.9. The van der Waals surface area contributed by atoms with Gasteiger partial charge in [-0.25, -0.2) is 4.79 Å². The lowest BCUT2D eigenvalue weighted by atomic mass is 9.80. The first kappa shape index (κ1) is 35.3. The summed E-state index contributed by atoms with van der Waals surface area (Å²) in [5.74, 6) is -3.45. The molecule has 46 heavy (non-hydrogen) atoms. The Kier molecular flexibility index (Phi) is 11.8. The van der Waals surface area contributed by atoms with Crippen LogP contribution in [0.25, 0.3) is 6.08 Å². The maximum absolute atomic E-state index is 12.9. The number of carbonyl (C=O) groups excluding carboxylic acids is 1. The second-order valence-corrected chi connectivity index (χ2v) is 11.0. The SMILES string of the molecule is COC(COC1CC(CO)C(OC(=O)C=Cc2ccc(O)c(O)c2)C(OC2OC(O)C(O)C(O)C2O)C1O)c1ccc(O)c(O)c1. The van der Waals surface area contributed by atoms with Crippen molar-refractivity contribution >= 4 is 12.0 Å². The predicted molar refractivity (Wildman–Crippen MR) is 153 cm³/mol. The van der Waals surface area contributed by atoms with Gasteiger partial charge in [-0.15, -0.1) is 0 Å². The number of methoxy groups -OCH3 is 1. The van der Waals surface area contributed by atoms with E-state index in [1.165, 1.54) is 49.6 Å². The third kappa shape index (κ3) is 8.05. The number of ether oxygens (including phenoxy) is 5. The lowest BCUT2D eigenvalue weighted by Gasteiger charge is -2.46. The lowest BCUT2D eigenvalue weighted by molar-refractivity contribution is -0.363. The van der Waals surface area contributed by atoms with Gasteiger partial charge in [0.15, 0.2) is 35.6 Å². The van der Waals surface area contributed by atoms with Crippen molar-refractivity contribution in [3.8, 4) is 23.0 Å². The van der Waals surface area contributed by atoms with Crippen molar-refractivity contribution in [2.45, 2.75) is 67.8 Å². The summed E-state index contributed by atoms with van der Waals surface area (Å²) in [6, 6.07) is 7.81. The van der Waals surface area contributed by atoms with Crippen LogP contribution in [-0.2, 0) is 28.5 Å². The number of phenolic OH excluding ortho intramolecular Hbond substituents is 4. The third-order valence-electron chi connectivity index (χ3n) is 7.89. The normalized spacial score (nSPS) is 32.3. The standard InChI is InChI=1S/C30H38O16/c1-42-21(14-4-6-17(33)19(35)9-14)12-43-20-10-15(11-31)27(44-22(36)7-3-13-2-5-16(32)18(34)8-13)28(23(20)37)45-30-26(40)24(38)25(39)29(41)46-30/h2-9,15,20-21,23-35,37-41H,10-12H2,1H3. The fraction of sp³-hybridized carbons (Fsp3) is 0.500. The summed E-state index contributed by atoms with van der Waals surface area (Å²) in [6.07, 6.45) is -13.9. The molecule has 0 amide bonds. The smallest absolute Gasteiger partial charge is 0.331 e. The van der Waals surface area contributed by atoms with Crippen LogP contribution in [0.1, 0.15) is 23.7 Å². The molecule has 0 aromatic heterocycles. The van der Waals surface area contributed by atoms with E-state index >= 15 is 0 Å². The Morgan fingerprint density at radius 2 is 1.57 bits per heavy atom. The van der Waals surface area contributed by atoms with Crippen molar-refractivity contribution in [3.05, 3.63) is 53.6 Å². The third-order valence-corrected chi connectivity index (χ3v) is 7.89. The zero-order valence-electron chi connectivity index (χ0n) is 24.5. The highest BCUT2D eigenvalue weighted by Crippen LogP contribution is 2.36. The van der Waals surface area contributed by atoms with E-state index in [4.69, 9.17) is 23.7 Å². The maximum Gasteiger partial charge on any atom is 0.331 e. The van der Waals surface area contributed by atoms with Crippen LogP contribution in [0.15, 0.2) is 42.5 Å². The number of aromatic hydroxyl groups is 4. The molecule has 0 spiro atoms. The molecule has 10 N–H and O–H groups in total. The van der Waals surface area contributed by atoms with Crippen LogP contribution >= 0.6 is 0 Å². The van der Waals surface area contributed by atoms with Gasteiger partial charge >= 0.3 is 5.97 Å². The number of phenols is 4. The summed E-state index contributed by atoms with van der Waals surface area (Å²) in [5.41, 5.74) is 0.751. The summed E-state index contributed by atoms with van der Waals surface area (Å²) in [6.45, 7) is -0.802. The van der Waals surface area contributed by atoms with Crippen LogP contribution in [0.4, 0.5) is 0 Å². The molecule has 1 aliphatic heterocycles. The molecule has 2 fully saturated rings. The van der Waals surface area contributed by atoms with Crippen molar-refractivity contribution in [1.29, 1.82) is 0 Å². The molecule has 11 unspecified atom stereocenters. The molecule has 16 heteroatoms. The van der Waals surface area contributed by atoms with Gasteiger partial charge < -0.3 is 74.7 Å². The fourth-order valence-electron chi connectivity index (χ4n) is 5.24. The van der Waals surface area contributed by atoms with Gasteiger partial charge in [0, 0.05) is 25.7 Å². The highest BCUT2D eigenvalue weighted by atomic mass is 16.8. The quantitative estimate of drug-likeness (QED) is 0.0768. The van der Waals surface area contributed by atoms with E-state index in [0.29, 0.717) is 11.1 Å². The summed E-state index contributed by atoms with van der Waals surface area (Å²) >= 11 is 0. The number of hydrogen-bond donors (Lipinski definition) is 10. The number of aliphatic hydroxyl groups is 6. The minimum absolute atomic E-state index is 0.0830. The minimum Gasteiger partial charge on any atom is -0.504 e. The molecule has 1 saturated heterocycles. The molecule has 1 heterocycles. The molecule has 2 aromatic carbocycles. The number of carbonyl (C=O) groups is 1. The number of aliphatic hydroxyl groups excluding tert-OH is 6. The topological polar surface area (TPSA) is 266 Å². The summed E-state index contributed by atoms with van der Waals surface area (Å²) < 4.78 is 27.8. The summed E-state index contributed by atoms with van der Waals surface area (Å²) in [7, 11) is 1.37. The van der Waals surface area contributed by atoms with Gasteiger partial charge in [-0.05, 0) is 47.9 Å². The number of rotatable bonds is 11. The zero-order chi connectivity index (χ0) is 33.7. The molecular weight excluding hydrogens is 616 g/mol. The molecule has 254 valence electrons.